The normalized spacial score (nSPS) is 17.1. The number of sulfonamides is 1. The van der Waals surface area contributed by atoms with Crippen LogP contribution in [-0.4, -0.2) is 47.0 Å². The van der Waals surface area contributed by atoms with Crippen molar-refractivity contribution in [3.05, 3.63) is 75.3 Å². The van der Waals surface area contributed by atoms with Gasteiger partial charge in [0.1, 0.15) is 10.7 Å². The molecule has 7 nitrogen and oxygen atoms in total. The van der Waals surface area contributed by atoms with Crippen molar-refractivity contribution in [1.29, 1.82) is 0 Å². The Balaban J connectivity index is 1.39. The molecule has 0 spiro atoms. The van der Waals surface area contributed by atoms with E-state index in [0.717, 1.165) is 34.4 Å². The Morgan fingerprint density at radius 1 is 1.09 bits per heavy atom. The fourth-order valence-electron chi connectivity index (χ4n) is 4.32. The summed E-state index contributed by atoms with van der Waals surface area (Å²) >= 11 is 16.1. The minimum absolute atomic E-state index is 0.118. The lowest BCUT2D eigenvalue weighted by Gasteiger charge is -2.32. The molecule has 0 saturated carbocycles. The number of fused-ring (bicyclic) bond motifs is 1. The zero-order chi connectivity index (χ0) is 24.6. The Bertz CT molecular complexity index is 1490. The van der Waals surface area contributed by atoms with Crippen LogP contribution in [0.2, 0.25) is 10.0 Å². The maximum absolute atomic E-state index is 13.2. The SMILES string of the molecule is O=S(=O)(c1ccccc1Cl)N1CCCC(CNc2cc(-c3ccccc3Cl)nc3c(Br)cnn23)C1. The molecule has 0 bridgehead atoms. The molecule has 11 heteroatoms. The minimum Gasteiger partial charge on any atom is -0.370 e. The molecule has 1 aliphatic rings. The van der Waals surface area contributed by atoms with Gasteiger partial charge in [-0.3, -0.25) is 0 Å². The van der Waals surface area contributed by atoms with Gasteiger partial charge in [0.25, 0.3) is 0 Å². The number of hydrogen-bond donors (Lipinski definition) is 1. The van der Waals surface area contributed by atoms with Crippen LogP contribution in [0.25, 0.3) is 16.9 Å². The molecular formula is C24H22BrCl2N5O2S. The number of anilines is 1. The maximum Gasteiger partial charge on any atom is 0.244 e. The van der Waals surface area contributed by atoms with Crippen molar-refractivity contribution < 1.29 is 8.42 Å². The van der Waals surface area contributed by atoms with Crippen LogP contribution in [0.4, 0.5) is 5.82 Å². The van der Waals surface area contributed by atoms with Crippen molar-refractivity contribution in [2.45, 2.75) is 17.7 Å². The molecule has 3 heterocycles. The van der Waals surface area contributed by atoms with Crippen LogP contribution in [0, 0.1) is 5.92 Å². The molecule has 5 rings (SSSR count). The molecule has 1 N–H and O–H groups in total. The average molecular weight is 595 g/mol. The summed E-state index contributed by atoms with van der Waals surface area (Å²) in [4.78, 5) is 4.89. The van der Waals surface area contributed by atoms with Crippen LogP contribution >= 0.6 is 39.1 Å². The number of hydrogen-bond acceptors (Lipinski definition) is 5. The molecule has 1 atom stereocenters. The lowest BCUT2D eigenvalue weighted by Crippen LogP contribution is -2.41. The van der Waals surface area contributed by atoms with Crippen LogP contribution in [0.3, 0.4) is 0 Å². The molecule has 0 radical (unpaired) electrons. The Morgan fingerprint density at radius 2 is 1.83 bits per heavy atom. The van der Waals surface area contributed by atoms with Crippen molar-refractivity contribution >= 4 is 60.6 Å². The van der Waals surface area contributed by atoms with E-state index in [1.807, 2.05) is 30.3 Å². The summed E-state index contributed by atoms with van der Waals surface area (Å²) < 4.78 is 30.5. The highest BCUT2D eigenvalue weighted by atomic mass is 79.9. The van der Waals surface area contributed by atoms with E-state index in [0.29, 0.717) is 30.3 Å². The Labute approximate surface area is 222 Å². The summed E-state index contributed by atoms with van der Waals surface area (Å²) in [5.74, 6) is 0.869. The van der Waals surface area contributed by atoms with E-state index in [9.17, 15) is 8.42 Å². The van der Waals surface area contributed by atoms with Gasteiger partial charge in [0.15, 0.2) is 5.65 Å². The number of piperidine rings is 1. The maximum atomic E-state index is 13.2. The number of nitrogens with zero attached hydrogens (tertiary/aromatic N) is 4. The molecule has 35 heavy (non-hydrogen) atoms. The first-order valence-electron chi connectivity index (χ1n) is 11.1. The van der Waals surface area contributed by atoms with E-state index in [1.165, 1.54) is 4.31 Å². The van der Waals surface area contributed by atoms with Crippen LogP contribution in [0.1, 0.15) is 12.8 Å². The molecule has 4 aromatic rings. The summed E-state index contributed by atoms with van der Waals surface area (Å²) in [6, 6.07) is 16.0. The smallest absolute Gasteiger partial charge is 0.244 e. The van der Waals surface area contributed by atoms with Gasteiger partial charge in [-0.2, -0.15) is 13.9 Å². The predicted octanol–water partition coefficient (Wildman–Crippen LogP) is 5.98. The number of rotatable bonds is 6. The van der Waals surface area contributed by atoms with Gasteiger partial charge in [-0.25, -0.2) is 13.4 Å². The zero-order valence-corrected chi connectivity index (χ0v) is 22.4. The summed E-state index contributed by atoms with van der Waals surface area (Å²) in [7, 11) is -3.66. The monoisotopic (exact) mass is 593 g/mol. The molecule has 1 fully saturated rings. The van der Waals surface area contributed by atoms with Gasteiger partial charge in [-0.15, -0.1) is 0 Å². The average Bonchev–Trinajstić information content (AvgIpc) is 3.24. The molecule has 1 aliphatic heterocycles. The highest BCUT2D eigenvalue weighted by molar-refractivity contribution is 9.10. The molecule has 1 unspecified atom stereocenters. The number of benzene rings is 2. The summed E-state index contributed by atoms with van der Waals surface area (Å²) in [6.07, 6.45) is 3.39. The standard InChI is InChI=1S/C24H22BrCl2N5O2S/c25-18-14-29-32-23(12-21(30-24(18)32)17-7-1-2-8-19(17)26)28-13-16-6-5-11-31(15-16)35(33,34)22-10-4-3-9-20(22)27/h1-4,7-10,12,14,16,28H,5-6,11,13,15H2. The van der Waals surface area contributed by atoms with E-state index in [1.54, 1.807) is 35.0 Å². The van der Waals surface area contributed by atoms with E-state index in [4.69, 9.17) is 28.2 Å². The van der Waals surface area contributed by atoms with E-state index in [2.05, 4.69) is 26.3 Å². The first-order chi connectivity index (χ1) is 16.8. The number of halogens is 3. The Hall–Kier alpha value is -2.17. The predicted molar refractivity (Wildman–Crippen MR) is 143 cm³/mol. The van der Waals surface area contributed by atoms with Gasteiger partial charge in [-0.05, 0) is 52.9 Å². The zero-order valence-electron chi connectivity index (χ0n) is 18.5. The van der Waals surface area contributed by atoms with Crippen LogP contribution in [0.5, 0.6) is 0 Å². The molecule has 2 aromatic carbocycles. The first kappa shape index (κ1) is 24.5. The van der Waals surface area contributed by atoms with Crippen molar-refractivity contribution in [3.63, 3.8) is 0 Å². The fraction of sp³-hybridized carbons (Fsp3) is 0.250. The number of aromatic nitrogens is 3. The Kier molecular flexibility index (Phi) is 7.05. The molecule has 182 valence electrons. The fourth-order valence-corrected chi connectivity index (χ4v) is 6.95. The largest absolute Gasteiger partial charge is 0.370 e. The molecule has 0 amide bonds. The molecule has 2 aromatic heterocycles. The van der Waals surface area contributed by atoms with Gasteiger partial charge in [0, 0.05) is 36.3 Å². The van der Waals surface area contributed by atoms with Crippen LogP contribution in [-0.2, 0) is 10.0 Å². The lowest BCUT2D eigenvalue weighted by molar-refractivity contribution is 0.275. The second-order valence-corrected chi connectivity index (χ2v) is 12.0. The van der Waals surface area contributed by atoms with Crippen molar-refractivity contribution in [1.82, 2.24) is 18.9 Å². The highest BCUT2D eigenvalue weighted by Gasteiger charge is 2.31. The quantitative estimate of drug-likeness (QED) is 0.297. The van der Waals surface area contributed by atoms with Gasteiger partial charge in [0.05, 0.1) is 21.4 Å². The van der Waals surface area contributed by atoms with Gasteiger partial charge in [-0.1, -0.05) is 53.5 Å². The third kappa shape index (κ3) is 4.93. The van der Waals surface area contributed by atoms with E-state index >= 15 is 0 Å². The van der Waals surface area contributed by atoms with E-state index < -0.39 is 10.0 Å². The van der Waals surface area contributed by atoms with Crippen LogP contribution < -0.4 is 5.32 Å². The topological polar surface area (TPSA) is 79.6 Å². The molecular weight excluding hydrogens is 573 g/mol. The summed E-state index contributed by atoms with van der Waals surface area (Å²) in [6.45, 7) is 1.47. The van der Waals surface area contributed by atoms with E-state index in [-0.39, 0.29) is 15.8 Å². The third-order valence-electron chi connectivity index (χ3n) is 6.09. The first-order valence-corrected chi connectivity index (χ1v) is 14.1. The van der Waals surface area contributed by atoms with Crippen molar-refractivity contribution in [2.24, 2.45) is 5.92 Å². The molecule has 1 saturated heterocycles. The van der Waals surface area contributed by atoms with Gasteiger partial charge < -0.3 is 5.32 Å². The second kappa shape index (κ2) is 10.1. The van der Waals surface area contributed by atoms with Gasteiger partial charge >= 0.3 is 0 Å². The van der Waals surface area contributed by atoms with Crippen molar-refractivity contribution in [3.8, 4) is 11.3 Å². The van der Waals surface area contributed by atoms with Crippen molar-refractivity contribution in [2.75, 3.05) is 25.0 Å². The van der Waals surface area contributed by atoms with Gasteiger partial charge in [0.2, 0.25) is 10.0 Å². The summed E-state index contributed by atoms with van der Waals surface area (Å²) in [5, 5.41) is 8.76. The highest BCUT2D eigenvalue weighted by Crippen LogP contribution is 2.31. The summed E-state index contributed by atoms with van der Waals surface area (Å²) in [5.41, 5.74) is 2.21. The number of nitrogens with one attached hydrogen (secondary N) is 1. The minimum atomic E-state index is -3.66. The second-order valence-electron chi connectivity index (χ2n) is 8.42. The van der Waals surface area contributed by atoms with Crippen LogP contribution in [0.15, 0.2) is 70.2 Å². The molecule has 0 aliphatic carbocycles. The Morgan fingerprint density at radius 3 is 2.60 bits per heavy atom. The lowest BCUT2D eigenvalue weighted by atomic mass is 10.00. The third-order valence-corrected chi connectivity index (χ3v) is 9.34.